The zero-order valence-corrected chi connectivity index (χ0v) is 13.4. The third-order valence-corrected chi connectivity index (χ3v) is 3.98. The van der Waals surface area contributed by atoms with Gasteiger partial charge in [-0.2, -0.15) is 0 Å². The zero-order valence-electron chi connectivity index (χ0n) is 13.4. The number of amides is 1. The van der Waals surface area contributed by atoms with Crippen LogP contribution in [0.5, 0.6) is 0 Å². The molecule has 0 unspecified atom stereocenters. The number of likely N-dealkylation sites (tertiary alicyclic amines) is 1. The quantitative estimate of drug-likeness (QED) is 0.327. The van der Waals surface area contributed by atoms with Crippen LogP contribution in [0.2, 0.25) is 0 Å². The average Bonchev–Trinajstić information content (AvgIpc) is 2.82. The number of β-lactam (4-membered cyclic amide) rings is 1. The van der Waals surface area contributed by atoms with Crippen molar-refractivity contribution in [3.05, 3.63) is 12.7 Å². The standard InChI is InChI=1S/C16H21NO6/c1-6-8-17-13(11-9-21-15(4,5)23-11)16(20,14(17)19)12(7-2)22-10(3)18/h1,7,11-13,20H,2,8-9H2,3-5H3/t11-,12-,13+,16-/m1/s1. The maximum atomic E-state index is 12.4. The van der Waals surface area contributed by atoms with Gasteiger partial charge in [0.15, 0.2) is 11.9 Å². The van der Waals surface area contributed by atoms with E-state index in [4.69, 9.17) is 20.6 Å². The van der Waals surface area contributed by atoms with Gasteiger partial charge in [-0.25, -0.2) is 0 Å². The van der Waals surface area contributed by atoms with Crippen LogP contribution in [-0.2, 0) is 23.8 Å². The molecule has 126 valence electrons. The lowest BCUT2D eigenvalue weighted by atomic mass is 9.74. The fraction of sp³-hybridized carbons (Fsp3) is 0.625. The lowest BCUT2D eigenvalue weighted by Crippen LogP contribution is -2.81. The van der Waals surface area contributed by atoms with Crippen molar-refractivity contribution < 1.29 is 28.9 Å². The van der Waals surface area contributed by atoms with Crippen LogP contribution in [0.1, 0.15) is 20.8 Å². The Bertz CT molecular complexity index is 565. The van der Waals surface area contributed by atoms with Crippen molar-refractivity contribution in [1.82, 2.24) is 4.90 Å². The van der Waals surface area contributed by atoms with E-state index in [0.717, 1.165) is 0 Å². The van der Waals surface area contributed by atoms with E-state index in [1.807, 2.05) is 0 Å². The Hall–Kier alpha value is -1.88. The molecule has 0 spiro atoms. The highest BCUT2D eigenvalue weighted by atomic mass is 16.7. The molecule has 23 heavy (non-hydrogen) atoms. The average molecular weight is 323 g/mol. The molecule has 0 aromatic carbocycles. The van der Waals surface area contributed by atoms with Gasteiger partial charge >= 0.3 is 5.97 Å². The molecule has 0 aliphatic carbocycles. The van der Waals surface area contributed by atoms with Gasteiger partial charge in [0.1, 0.15) is 12.1 Å². The third-order valence-electron chi connectivity index (χ3n) is 3.98. The van der Waals surface area contributed by atoms with E-state index in [1.165, 1.54) is 17.9 Å². The van der Waals surface area contributed by atoms with Gasteiger partial charge in [-0.05, 0) is 19.9 Å². The van der Waals surface area contributed by atoms with Crippen molar-refractivity contribution >= 4 is 11.9 Å². The van der Waals surface area contributed by atoms with Gasteiger partial charge in [0.25, 0.3) is 5.91 Å². The number of aliphatic hydroxyl groups is 1. The summed E-state index contributed by atoms with van der Waals surface area (Å²) >= 11 is 0. The maximum Gasteiger partial charge on any atom is 0.303 e. The van der Waals surface area contributed by atoms with E-state index in [0.29, 0.717) is 0 Å². The second-order valence-corrected chi connectivity index (χ2v) is 6.04. The van der Waals surface area contributed by atoms with E-state index in [-0.39, 0.29) is 13.2 Å². The van der Waals surface area contributed by atoms with Crippen molar-refractivity contribution in [3.63, 3.8) is 0 Å². The van der Waals surface area contributed by atoms with Gasteiger partial charge < -0.3 is 24.2 Å². The molecule has 0 saturated carbocycles. The molecule has 2 saturated heterocycles. The number of carbonyl (C=O) groups is 2. The highest BCUT2D eigenvalue weighted by Crippen LogP contribution is 2.41. The van der Waals surface area contributed by atoms with Crippen LogP contribution in [0.15, 0.2) is 12.7 Å². The SMILES string of the molecule is C#CCN1C(=O)[C@@](O)([C@@H](C=C)OC(C)=O)[C@@H]1[C@H]1COC(C)(C)O1. The van der Waals surface area contributed by atoms with Crippen molar-refractivity contribution in [2.75, 3.05) is 13.2 Å². The summed E-state index contributed by atoms with van der Waals surface area (Å²) < 4.78 is 16.3. The largest absolute Gasteiger partial charge is 0.455 e. The minimum atomic E-state index is -1.97. The number of hydrogen-bond acceptors (Lipinski definition) is 6. The van der Waals surface area contributed by atoms with E-state index in [2.05, 4.69) is 12.5 Å². The number of hydrogen-bond donors (Lipinski definition) is 1. The van der Waals surface area contributed by atoms with Crippen molar-refractivity contribution in [2.45, 2.75) is 50.4 Å². The first-order valence-electron chi connectivity index (χ1n) is 7.26. The molecular weight excluding hydrogens is 302 g/mol. The summed E-state index contributed by atoms with van der Waals surface area (Å²) in [5, 5.41) is 10.9. The van der Waals surface area contributed by atoms with Crippen LogP contribution in [0.25, 0.3) is 0 Å². The van der Waals surface area contributed by atoms with Gasteiger partial charge in [-0.1, -0.05) is 12.5 Å². The van der Waals surface area contributed by atoms with Crippen molar-refractivity contribution in [2.24, 2.45) is 0 Å². The summed E-state index contributed by atoms with van der Waals surface area (Å²) in [4.78, 5) is 25.0. The highest BCUT2D eigenvalue weighted by Gasteiger charge is 2.68. The predicted molar refractivity (Wildman–Crippen MR) is 79.9 cm³/mol. The number of rotatable bonds is 5. The van der Waals surface area contributed by atoms with Crippen LogP contribution in [0, 0.1) is 12.3 Å². The van der Waals surface area contributed by atoms with E-state index < -0.39 is 41.5 Å². The summed E-state index contributed by atoms with van der Waals surface area (Å²) in [7, 11) is 0. The predicted octanol–water partition coefficient (Wildman–Crippen LogP) is -0.169. The lowest BCUT2D eigenvalue weighted by molar-refractivity contribution is -0.232. The highest BCUT2D eigenvalue weighted by molar-refractivity contribution is 5.94. The Balaban J connectivity index is 2.32. The fourth-order valence-electron chi connectivity index (χ4n) is 3.06. The zero-order chi connectivity index (χ0) is 17.4. The number of terminal acetylenes is 1. The smallest absolute Gasteiger partial charge is 0.303 e. The van der Waals surface area contributed by atoms with Crippen LogP contribution in [-0.4, -0.2) is 64.7 Å². The molecule has 1 N–H and O–H groups in total. The van der Waals surface area contributed by atoms with Gasteiger partial charge in [0.05, 0.1) is 13.2 Å². The molecule has 0 aromatic rings. The Morgan fingerprint density at radius 3 is 2.78 bits per heavy atom. The molecule has 0 aromatic heterocycles. The Labute approximate surface area is 135 Å². The van der Waals surface area contributed by atoms with Gasteiger partial charge in [0, 0.05) is 6.92 Å². The number of esters is 1. The first-order valence-corrected chi connectivity index (χ1v) is 7.26. The molecule has 1 amide bonds. The normalized spacial score (nSPS) is 33.5. The molecular formula is C16H21NO6. The van der Waals surface area contributed by atoms with Crippen molar-refractivity contribution in [3.8, 4) is 12.3 Å². The molecule has 0 bridgehead atoms. The molecule has 2 fully saturated rings. The lowest BCUT2D eigenvalue weighted by Gasteiger charge is -2.55. The maximum absolute atomic E-state index is 12.4. The second kappa shape index (κ2) is 5.96. The Kier molecular flexibility index (Phi) is 4.53. The van der Waals surface area contributed by atoms with Crippen LogP contribution >= 0.6 is 0 Å². The second-order valence-electron chi connectivity index (χ2n) is 6.04. The molecule has 4 atom stereocenters. The van der Waals surface area contributed by atoms with Gasteiger partial charge in [-0.3, -0.25) is 9.59 Å². The minimum absolute atomic E-state index is 0.00995. The Morgan fingerprint density at radius 1 is 1.70 bits per heavy atom. The van der Waals surface area contributed by atoms with E-state index >= 15 is 0 Å². The molecule has 2 aliphatic heterocycles. The summed E-state index contributed by atoms with van der Waals surface area (Å²) in [5.74, 6) is 0.282. The fourth-order valence-corrected chi connectivity index (χ4v) is 3.06. The molecule has 7 heteroatoms. The monoisotopic (exact) mass is 323 g/mol. The minimum Gasteiger partial charge on any atom is -0.455 e. The van der Waals surface area contributed by atoms with Gasteiger partial charge in [0.2, 0.25) is 5.60 Å². The first-order chi connectivity index (χ1) is 10.7. The van der Waals surface area contributed by atoms with E-state index in [1.54, 1.807) is 13.8 Å². The molecule has 2 aliphatic rings. The van der Waals surface area contributed by atoms with Crippen LogP contribution in [0.4, 0.5) is 0 Å². The topological polar surface area (TPSA) is 85.3 Å². The summed E-state index contributed by atoms with van der Waals surface area (Å²) in [6.07, 6.45) is 4.72. The number of nitrogens with zero attached hydrogens (tertiary/aromatic N) is 1. The number of carbonyl (C=O) groups excluding carboxylic acids is 2. The van der Waals surface area contributed by atoms with Crippen LogP contribution < -0.4 is 0 Å². The van der Waals surface area contributed by atoms with Crippen molar-refractivity contribution in [1.29, 1.82) is 0 Å². The summed E-state index contributed by atoms with van der Waals surface area (Å²) in [6, 6.07) is -0.796. The molecule has 2 rings (SSSR count). The molecule has 0 radical (unpaired) electrons. The number of ether oxygens (including phenoxy) is 3. The van der Waals surface area contributed by atoms with Crippen LogP contribution in [0.3, 0.4) is 0 Å². The third kappa shape index (κ3) is 2.85. The Morgan fingerprint density at radius 2 is 2.35 bits per heavy atom. The van der Waals surface area contributed by atoms with Gasteiger partial charge in [-0.15, -0.1) is 6.42 Å². The summed E-state index contributed by atoms with van der Waals surface area (Å²) in [6.45, 7) is 8.38. The van der Waals surface area contributed by atoms with E-state index in [9.17, 15) is 14.7 Å². The summed E-state index contributed by atoms with van der Waals surface area (Å²) in [5.41, 5.74) is -1.97. The molecule has 2 heterocycles. The first kappa shape index (κ1) is 17.5. The molecule has 7 nitrogen and oxygen atoms in total.